The average molecular weight is 266 g/mol. The Hall–Kier alpha value is -1.75. The first kappa shape index (κ1) is 15.3. The molecule has 0 spiro atoms. The van der Waals surface area contributed by atoms with Crippen LogP contribution >= 0.6 is 0 Å². The van der Waals surface area contributed by atoms with Crippen LogP contribution in [0.15, 0.2) is 18.2 Å². The number of phenols is 1. The van der Waals surface area contributed by atoms with E-state index in [4.69, 9.17) is 4.74 Å². The molecule has 1 aromatic carbocycles. The van der Waals surface area contributed by atoms with Crippen molar-refractivity contribution in [2.75, 3.05) is 27.2 Å². The lowest BCUT2D eigenvalue weighted by Crippen LogP contribution is -2.26. The summed E-state index contributed by atoms with van der Waals surface area (Å²) in [4.78, 5) is 11.6. The number of ether oxygens (including phenoxy) is 1. The first-order chi connectivity index (χ1) is 9.17. The SMILES string of the molecule is CNCCCNC(=O)CCc1ccc(O)c(OC)c1. The molecule has 0 aromatic heterocycles. The number of rotatable bonds is 8. The van der Waals surface area contributed by atoms with Crippen LogP contribution in [0.4, 0.5) is 0 Å². The van der Waals surface area contributed by atoms with Gasteiger partial charge in [-0.25, -0.2) is 0 Å². The van der Waals surface area contributed by atoms with E-state index in [2.05, 4.69) is 10.6 Å². The Balaban J connectivity index is 2.33. The molecule has 106 valence electrons. The van der Waals surface area contributed by atoms with Gasteiger partial charge in [-0.2, -0.15) is 0 Å². The maximum atomic E-state index is 11.6. The number of carbonyl (C=O) groups is 1. The Bertz CT molecular complexity index is 408. The summed E-state index contributed by atoms with van der Waals surface area (Å²) in [6, 6.07) is 5.13. The van der Waals surface area contributed by atoms with Gasteiger partial charge in [0.1, 0.15) is 0 Å². The monoisotopic (exact) mass is 266 g/mol. The fraction of sp³-hybridized carbons (Fsp3) is 0.500. The van der Waals surface area contributed by atoms with Crippen molar-refractivity contribution in [1.29, 1.82) is 0 Å². The lowest BCUT2D eigenvalue weighted by molar-refractivity contribution is -0.121. The van der Waals surface area contributed by atoms with E-state index < -0.39 is 0 Å². The number of hydrogen-bond acceptors (Lipinski definition) is 4. The molecule has 0 aliphatic rings. The van der Waals surface area contributed by atoms with Gasteiger partial charge in [-0.05, 0) is 44.1 Å². The van der Waals surface area contributed by atoms with Crippen LogP contribution in [0.25, 0.3) is 0 Å². The highest BCUT2D eigenvalue weighted by molar-refractivity contribution is 5.76. The van der Waals surface area contributed by atoms with Crippen molar-refractivity contribution >= 4 is 5.91 Å². The van der Waals surface area contributed by atoms with Gasteiger partial charge in [-0.1, -0.05) is 6.07 Å². The van der Waals surface area contributed by atoms with Crippen molar-refractivity contribution in [3.63, 3.8) is 0 Å². The van der Waals surface area contributed by atoms with E-state index >= 15 is 0 Å². The fourth-order valence-electron chi connectivity index (χ4n) is 1.72. The smallest absolute Gasteiger partial charge is 0.220 e. The van der Waals surface area contributed by atoms with Crippen LogP contribution in [-0.2, 0) is 11.2 Å². The molecule has 3 N–H and O–H groups in total. The summed E-state index contributed by atoms with van der Waals surface area (Å²) >= 11 is 0. The molecule has 0 saturated heterocycles. The standard InChI is InChI=1S/C14H22N2O3/c1-15-8-3-9-16-14(18)7-5-11-4-6-12(17)13(10-11)19-2/h4,6,10,15,17H,3,5,7-9H2,1-2H3,(H,16,18). The molecule has 5 nitrogen and oxygen atoms in total. The largest absolute Gasteiger partial charge is 0.504 e. The molecule has 0 radical (unpaired) electrons. The summed E-state index contributed by atoms with van der Waals surface area (Å²) in [6.45, 7) is 1.59. The summed E-state index contributed by atoms with van der Waals surface area (Å²) < 4.78 is 5.03. The van der Waals surface area contributed by atoms with Crippen LogP contribution < -0.4 is 15.4 Å². The van der Waals surface area contributed by atoms with Gasteiger partial charge < -0.3 is 20.5 Å². The second-order valence-corrected chi connectivity index (χ2v) is 4.31. The molecule has 19 heavy (non-hydrogen) atoms. The summed E-state index contributed by atoms with van der Waals surface area (Å²) in [6.07, 6.45) is 2.00. The number of hydrogen-bond donors (Lipinski definition) is 3. The van der Waals surface area contributed by atoms with Crippen LogP contribution in [0.2, 0.25) is 0 Å². The summed E-state index contributed by atoms with van der Waals surface area (Å²) in [5, 5.41) is 15.4. The van der Waals surface area contributed by atoms with Gasteiger partial charge >= 0.3 is 0 Å². The number of phenolic OH excluding ortho intramolecular Hbond substituents is 1. The molecule has 0 aliphatic carbocycles. The highest BCUT2D eigenvalue weighted by Gasteiger charge is 2.05. The van der Waals surface area contributed by atoms with Crippen LogP contribution in [0.5, 0.6) is 11.5 Å². The van der Waals surface area contributed by atoms with E-state index in [1.807, 2.05) is 7.05 Å². The lowest BCUT2D eigenvalue weighted by Gasteiger charge is -2.07. The number of aryl methyl sites for hydroxylation is 1. The maximum Gasteiger partial charge on any atom is 0.220 e. The van der Waals surface area contributed by atoms with Crippen LogP contribution in [0, 0.1) is 0 Å². The summed E-state index contributed by atoms with van der Waals surface area (Å²) in [5.74, 6) is 0.595. The van der Waals surface area contributed by atoms with Gasteiger partial charge in [0, 0.05) is 13.0 Å². The molecule has 0 fully saturated rings. The predicted molar refractivity (Wildman–Crippen MR) is 74.5 cm³/mol. The van der Waals surface area contributed by atoms with Crippen molar-refractivity contribution in [3.05, 3.63) is 23.8 Å². The molecular formula is C14H22N2O3. The minimum atomic E-state index is 0.0446. The Kier molecular flexibility index (Phi) is 6.74. The van der Waals surface area contributed by atoms with Crippen LogP contribution in [0.1, 0.15) is 18.4 Å². The van der Waals surface area contributed by atoms with Gasteiger partial charge in [0.25, 0.3) is 0 Å². The Morgan fingerprint density at radius 1 is 1.37 bits per heavy atom. The number of amides is 1. The third-order valence-corrected chi connectivity index (χ3v) is 2.81. The number of aromatic hydroxyl groups is 1. The van der Waals surface area contributed by atoms with E-state index in [9.17, 15) is 9.90 Å². The van der Waals surface area contributed by atoms with Gasteiger partial charge in [-0.15, -0.1) is 0 Å². The van der Waals surface area contributed by atoms with E-state index in [-0.39, 0.29) is 11.7 Å². The van der Waals surface area contributed by atoms with E-state index in [0.29, 0.717) is 25.1 Å². The predicted octanol–water partition coefficient (Wildman–Crippen LogP) is 1.06. The Morgan fingerprint density at radius 2 is 2.16 bits per heavy atom. The molecule has 0 saturated carbocycles. The zero-order valence-electron chi connectivity index (χ0n) is 11.5. The molecule has 1 rings (SSSR count). The van der Waals surface area contributed by atoms with Crippen molar-refractivity contribution in [1.82, 2.24) is 10.6 Å². The maximum absolute atomic E-state index is 11.6. The fourth-order valence-corrected chi connectivity index (χ4v) is 1.72. The minimum absolute atomic E-state index is 0.0446. The van der Waals surface area contributed by atoms with Crippen molar-refractivity contribution in [3.8, 4) is 11.5 Å². The van der Waals surface area contributed by atoms with Gasteiger partial charge in [0.15, 0.2) is 11.5 Å². The third kappa shape index (κ3) is 5.61. The van der Waals surface area contributed by atoms with E-state index in [1.165, 1.54) is 7.11 Å². The quantitative estimate of drug-likeness (QED) is 0.615. The normalized spacial score (nSPS) is 10.2. The van der Waals surface area contributed by atoms with E-state index in [1.54, 1.807) is 18.2 Å². The first-order valence-electron chi connectivity index (χ1n) is 6.44. The number of benzene rings is 1. The third-order valence-electron chi connectivity index (χ3n) is 2.81. The van der Waals surface area contributed by atoms with Crippen LogP contribution in [0.3, 0.4) is 0 Å². The molecule has 0 aliphatic heterocycles. The first-order valence-corrected chi connectivity index (χ1v) is 6.44. The Labute approximate surface area is 114 Å². The summed E-state index contributed by atoms with van der Waals surface area (Å²) in [5.41, 5.74) is 0.972. The van der Waals surface area contributed by atoms with Gasteiger partial charge in [0.05, 0.1) is 7.11 Å². The number of methoxy groups -OCH3 is 1. The van der Waals surface area contributed by atoms with Gasteiger partial charge in [-0.3, -0.25) is 4.79 Å². The second kappa shape index (κ2) is 8.37. The molecular weight excluding hydrogens is 244 g/mol. The number of carbonyl (C=O) groups excluding carboxylic acids is 1. The van der Waals surface area contributed by atoms with Crippen molar-refractivity contribution in [2.45, 2.75) is 19.3 Å². The molecule has 5 heteroatoms. The highest BCUT2D eigenvalue weighted by atomic mass is 16.5. The van der Waals surface area contributed by atoms with Crippen molar-refractivity contribution < 1.29 is 14.6 Å². The lowest BCUT2D eigenvalue weighted by atomic mass is 10.1. The van der Waals surface area contributed by atoms with Crippen LogP contribution in [-0.4, -0.2) is 38.3 Å². The topological polar surface area (TPSA) is 70.6 Å². The molecule has 0 atom stereocenters. The molecule has 0 heterocycles. The summed E-state index contributed by atoms with van der Waals surface area (Å²) in [7, 11) is 3.40. The Morgan fingerprint density at radius 3 is 2.84 bits per heavy atom. The molecule has 1 amide bonds. The minimum Gasteiger partial charge on any atom is -0.504 e. The highest BCUT2D eigenvalue weighted by Crippen LogP contribution is 2.26. The number of nitrogens with one attached hydrogen (secondary N) is 2. The molecule has 0 bridgehead atoms. The zero-order chi connectivity index (χ0) is 14.1. The van der Waals surface area contributed by atoms with Gasteiger partial charge in [0.2, 0.25) is 5.91 Å². The average Bonchev–Trinajstić information content (AvgIpc) is 2.42. The molecule has 1 aromatic rings. The van der Waals surface area contributed by atoms with E-state index in [0.717, 1.165) is 18.5 Å². The second-order valence-electron chi connectivity index (χ2n) is 4.31. The zero-order valence-corrected chi connectivity index (χ0v) is 11.5. The molecule has 0 unspecified atom stereocenters. The van der Waals surface area contributed by atoms with Crippen molar-refractivity contribution in [2.24, 2.45) is 0 Å².